The molecule has 0 bridgehead atoms. The number of ether oxygens (including phenoxy) is 3. The number of thiophene rings is 1. The second-order valence-electron chi connectivity index (χ2n) is 5.98. The number of carbonyl (C=O) groups excluding carboxylic acids is 1. The zero-order valence-corrected chi connectivity index (χ0v) is 15.7. The van der Waals surface area contributed by atoms with Gasteiger partial charge in [0.2, 0.25) is 0 Å². The molecule has 6 heteroatoms. The van der Waals surface area contributed by atoms with Gasteiger partial charge in [-0.2, -0.15) is 0 Å². The van der Waals surface area contributed by atoms with Gasteiger partial charge in [-0.15, -0.1) is 11.3 Å². The number of hydrogen-bond acceptors (Lipinski definition) is 6. The second kappa shape index (κ2) is 8.35. The molecule has 2 rings (SSSR count). The molecule has 24 heavy (non-hydrogen) atoms. The van der Waals surface area contributed by atoms with Gasteiger partial charge in [-0.25, -0.2) is 4.79 Å². The van der Waals surface area contributed by atoms with E-state index in [1.165, 1.54) is 11.3 Å². The monoisotopic (exact) mass is 351 g/mol. The Morgan fingerprint density at radius 3 is 2.62 bits per heavy atom. The molecule has 0 radical (unpaired) electrons. The van der Waals surface area contributed by atoms with Gasteiger partial charge in [0.05, 0.1) is 12.7 Å². The number of benzene rings is 1. The van der Waals surface area contributed by atoms with Gasteiger partial charge in [0.1, 0.15) is 23.0 Å². The first kappa shape index (κ1) is 18.5. The fourth-order valence-corrected chi connectivity index (χ4v) is 3.19. The summed E-state index contributed by atoms with van der Waals surface area (Å²) in [7, 11) is 3.88. The minimum atomic E-state index is -0.299. The van der Waals surface area contributed by atoms with Crippen molar-refractivity contribution in [3.8, 4) is 11.5 Å². The van der Waals surface area contributed by atoms with Crippen LogP contribution in [0.1, 0.15) is 30.4 Å². The summed E-state index contributed by atoms with van der Waals surface area (Å²) < 4.78 is 17.8. The number of hydrogen-bond donors (Lipinski definition) is 0. The van der Waals surface area contributed by atoms with Crippen LogP contribution in [0.15, 0.2) is 18.2 Å². The van der Waals surface area contributed by atoms with Crippen LogP contribution in [0.4, 0.5) is 0 Å². The van der Waals surface area contributed by atoms with Crippen LogP contribution in [0.2, 0.25) is 0 Å². The smallest absolute Gasteiger partial charge is 0.348 e. The SMILES string of the molecule is CCOc1cc(OC(C)C)cc2sc(C(=O)OCCN(C)C)cc12. The molecule has 0 spiro atoms. The number of likely N-dealkylation sites (N-methyl/N-ethyl adjacent to an activating group) is 1. The van der Waals surface area contributed by atoms with Crippen LogP contribution in [0.3, 0.4) is 0 Å². The Labute approximate surface area is 147 Å². The third-order valence-corrected chi connectivity index (χ3v) is 4.28. The number of fused-ring (bicyclic) bond motifs is 1. The molecule has 132 valence electrons. The Bertz CT molecular complexity index is 694. The maximum atomic E-state index is 12.2. The van der Waals surface area contributed by atoms with Gasteiger partial charge in [-0.05, 0) is 47.0 Å². The van der Waals surface area contributed by atoms with Crippen LogP contribution in [0, 0.1) is 0 Å². The molecule has 0 aliphatic rings. The molecule has 0 atom stereocenters. The van der Waals surface area contributed by atoms with E-state index < -0.39 is 0 Å². The number of nitrogens with zero attached hydrogens (tertiary/aromatic N) is 1. The number of esters is 1. The third kappa shape index (κ3) is 4.85. The molecule has 0 aliphatic carbocycles. The molecule has 0 aliphatic heterocycles. The minimum absolute atomic E-state index is 0.0763. The predicted octanol–water partition coefficient (Wildman–Crippen LogP) is 3.81. The van der Waals surface area contributed by atoms with Gasteiger partial charge in [0.15, 0.2) is 0 Å². The number of rotatable bonds is 8. The van der Waals surface area contributed by atoms with E-state index in [0.29, 0.717) is 24.6 Å². The van der Waals surface area contributed by atoms with Crippen molar-refractivity contribution in [1.82, 2.24) is 4.90 Å². The summed E-state index contributed by atoms with van der Waals surface area (Å²) in [6, 6.07) is 5.65. The summed E-state index contributed by atoms with van der Waals surface area (Å²) in [5.74, 6) is 1.18. The molecule has 0 unspecified atom stereocenters. The molecule has 0 N–H and O–H groups in total. The first-order valence-corrected chi connectivity index (χ1v) is 8.91. The van der Waals surface area contributed by atoms with Gasteiger partial charge >= 0.3 is 5.97 Å². The fraction of sp³-hybridized carbons (Fsp3) is 0.500. The first-order valence-electron chi connectivity index (χ1n) is 8.09. The lowest BCUT2D eigenvalue weighted by molar-refractivity contribution is 0.0487. The molecular weight excluding hydrogens is 326 g/mol. The van der Waals surface area contributed by atoms with Gasteiger partial charge < -0.3 is 19.1 Å². The highest BCUT2D eigenvalue weighted by Gasteiger charge is 2.16. The summed E-state index contributed by atoms with van der Waals surface area (Å²) in [5.41, 5.74) is 0. The van der Waals surface area contributed by atoms with Gasteiger partial charge in [-0.1, -0.05) is 0 Å². The second-order valence-corrected chi connectivity index (χ2v) is 7.07. The summed E-state index contributed by atoms with van der Waals surface area (Å²) in [6.07, 6.45) is 0.0763. The van der Waals surface area contributed by atoms with Crippen LogP contribution >= 0.6 is 11.3 Å². The summed E-state index contributed by atoms with van der Waals surface area (Å²) >= 11 is 1.40. The predicted molar refractivity (Wildman–Crippen MR) is 97.6 cm³/mol. The largest absolute Gasteiger partial charge is 0.493 e. The van der Waals surface area contributed by atoms with Gasteiger partial charge in [0, 0.05) is 22.7 Å². The van der Waals surface area contributed by atoms with Crippen LogP contribution in [-0.2, 0) is 4.74 Å². The van der Waals surface area contributed by atoms with Crippen molar-refractivity contribution >= 4 is 27.4 Å². The zero-order chi connectivity index (χ0) is 17.7. The Balaban J connectivity index is 2.27. The average Bonchev–Trinajstić information content (AvgIpc) is 2.90. The molecule has 0 saturated heterocycles. The fourth-order valence-electron chi connectivity index (χ4n) is 2.19. The molecule has 2 aromatic rings. The molecule has 1 aromatic carbocycles. The average molecular weight is 351 g/mol. The zero-order valence-electron chi connectivity index (χ0n) is 14.9. The van der Waals surface area contributed by atoms with Crippen LogP contribution < -0.4 is 9.47 Å². The lowest BCUT2D eigenvalue weighted by Crippen LogP contribution is -2.19. The van der Waals surface area contributed by atoms with Crippen molar-refractivity contribution in [3.63, 3.8) is 0 Å². The van der Waals surface area contributed by atoms with E-state index in [-0.39, 0.29) is 12.1 Å². The van der Waals surface area contributed by atoms with Crippen molar-refractivity contribution < 1.29 is 19.0 Å². The van der Waals surface area contributed by atoms with Crippen molar-refractivity contribution in [1.29, 1.82) is 0 Å². The molecular formula is C18H25NO4S. The summed E-state index contributed by atoms with van der Waals surface area (Å²) in [4.78, 5) is 14.8. The number of carbonyl (C=O) groups is 1. The van der Waals surface area contributed by atoms with Crippen LogP contribution in [0.5, 0.6) is 11.5 Å². The van der Waals surface area contributed by atoms with E-state index >= 15 is 0 Å². The molecule has 0 saturated carbocycles. The quantitative estimate of drug-likeness (QED) is 0.677. The maximum Gasteiger partial charge on any atom is 0.348 e. The molecule has 0 amide bonds. The molecule has 5 nitrogen and oxygen atoms in total. The van der Waals surface area contributed by atoms with E-state index in [1.54, 1.807) is 0 Å². The van der Waals surface area contributed by atoms with Gasteiger partial charge in [0.25, 0.3) is 0 Å². The van der Waals surface area contributed by atoms with E-state index in [2.05, 4.69) is 0 Å². The Morgan fingerprint density at radius 2 is 2.00 bits per heavy atom. The molecule has 0 fully saturated rings. The lowest BCUT2D eigenvalue weighted by atomic mass is 10.2. The third-order valence-electron chi connectivity index (χ3n) is 3.22. The van der Waals surface area contributed by atoms with Crippen molar-refractivity contribution in [2.24, 2.45) is 0 Å². The molecule has 1 heterocycles. The minimum Gasteiger partial charge on any atom is -0.493 e. The van der Waals surface area contributed by atoms with Crippen molar-refractivity contribution in [3.05, 3.63) is 23.1 Å². The van der Waals surface area contributed by atoms with Crippen LogP contribution in [-0.4, -0.2) is 50.8 Å². The van der Waals surface area contributed by atoms with Crippen molar-refractivity contribution in [2.45, 2.75) is 26.9 Å². The van der Waals surface area contributed by atoms with E-state index in [0.717, 1.165) is 21.6 Å². The topological polar surface area (TPSA) is 48.0 Å². The Hall–Kier alpha value is -1.79. The highest BCUT2D eigenvalue weighted by atomic mass is 32.1. The van der Waals surface area contributed by atoms with E-state index in [4.69, 9.17) is 14.2 Å². The first-order chi connectivity index (χ1) is 11.4. The maximum absolute atomic E-state index is 12.2. The Kier molecular flexibility index (Phi) is 6.45. The van der Waals surface area contributed by atoms with E-state index in [1.807, 2.05) is 58.0 Å². The molecule has 1 aromatic heterocycles. The summed E-state index contributed by atoms with van der Waals surface area (Å²) in [5, 5.41) is 0.914. The highest BCUT2D eigenvalue weighted by Crippen LogP contribution is 2.37. The van der Waals surface area contributed by atoms with E-state index in [9.17, 15) is 4.79 Å². The van der Waals surface area contributed by atoms with Crippen molar-refractivity contribution in [2.75, 3.05) is 33.9 Å². The highest BCUT2D eigenvalue weighted by molar-refractivity contribution is 7.20. The lowest BCUT2D eigenvalue weighted by Gasteiger charge is -2.12. The standard InChI is InChI=1S/C18H25NO4S/c1-6-21-15-9-13(23-12(2)3)10-16-14(15)11-17(24-16)18(20)22-8-7-19(4)5/h9-12H,6-8H2,1-5H3. The normalized spacial score (nSPS) is 11.3. The van der Waals surface area contributed by atoms with Gasteiger partial charge in [-0.3, -0.25) is 0 Å². The Morgan fingerprint density at radius 1 is 1.25 bits per heavy atom. The summed E-state index contributed by atoms with van der Waals surface area (Å²) in [6.45, 7) is 7.52. The van der Waals surface area contributed by atoms with Crippen LogP contribution in [0.25, 0.3) is 10.1 Å².